The van der Waals surface area contributed by atoms with Gasteiger partial charge in [-0.2, -0.15) is 0 Å². The van der Waals surface area contributed by atoms with Crippen molar-refractivity contribution in [1.29, 1.82) is 0 Å². The van der Waals surface area contributed by atoms with Crippen LogP contribution >= 0.6 is 11.6 Å². The van der Waals surface area contributed by atoms with Crippen molar-refractivity contribution in [2.24, 2.45) is 5.92 Å². The maximum atomic E-state index is 5.72. The molecule has 3 heteroatoms. The summed E-state index contributed by atoms with van der Waals surface area (Å²) in [5.74, 6) is 2.02. The molecule has 1 aliphatic carbocycles. The average Bonchev–Trinajstić information content (AvgIpc) is 2.99. The minimum absolute atomic E-state index is 0.418. The molecule has 0 saturated heterocycles. The summed E-state index contributed by atoms with van der Waals surface area (Å²) in [4.78, 5) is 4.14. The van der Waals surface area contributed by atoms with Gasteiger partial charge in [0.05, 0.1) is 18.2 Å². The van der Waals surface area contributed by atoms with Gasteiger partial charge < -0.3 is 4.74 Å². The normalized spacial score (nSPS) is 15.8. The van der Waals surface area contributed by atoms with Crippen LogP contribution in [-0.2, 0) is 5.88 Å². The molecule has 13 heavy (non-hydrogen) atoms. The molecule has 0 unspecified atom stereocenters. The predicted molar refractivity (Wildman–Crippen MR) is 52.0 cm³/mol. The first-order valence-electron chi connectivity index (χ1n) is 4.53. The fourth-order valence-electron chi connectivity index (χ4n) is 1.15. The highest BCUT2D eigenvalue weighted by atomic mass is 35.5. The number of aromatic nitrogens is 1. The zero-order valence-electron chi connectivity index (χ0n) is 7.37. The second kappa shape index (κ2) is 3.97. The summed E-state index contributed by atoms with van der Waals surface area (Å²) in [7, 11) is 0. The SMILES string of the molecule is ClCc1ncccc1OCC1CC1. The Labute approximate surface area is 82.9 Å². The summed E-state index contributed by atoms with van der Waals surface area (Å²) in [5.41, 5.74) is 0.838. The Morgan fingerprint density at radius 2 is 2.38 bits per heavy atom. The molecule has 0 spiro atoms. The fourth-order valence-corrected chi connectivity index (χ4v) is 1.35. The minimum Gasteiger partial charge on any atom is -0.491 e. The van der Waals surface area contributed by atoms with Gasteiger partial charge in [-0.1, -0.05) is 0 Å². The van der Waals surface area contributed by atoms with E-state index in [1.54, 1.807) is 6.20 Å². The maximum absolute atomic E-state index is 5.72. The molecule has 2 nitrogen and oxygen atoms in total. The van der Waals surface area contributed by atoms with E-state index >= 15 is 0 Å². The van der Waals surface area contributed by atoms with E-state index in [2.05, 4.69) is 4.98 Å². The molecule has 2 rings (SSSR count). The highest BCUT2D eigenvalue weighted by Gasteiger charge is 2.22. The first-order chi connectivity index (χ1) is 6.40. The molecule has 1 fully saturated rings. The van der Waals surface area contributed by atoms with E-state index in [0.717, 1.165) is 24.0 Å². The molecule has 1 heterocycles. The Morgan fingerprint density at radius 3 is 3.08 bits per heavy atom. The first-order valence-corrected chi connectivity index (χ1v) is 5.06. The number of pyridine rings is 1. The van der Waals surface area contributed by atoms with Crippen molar-refractivity contribution in [3.63, 3.8) is 0 Å². The lowest BCUT2D eigenvalue weighted by Crippen LogP contribution is -2.01. The van der Waals surface area contributed by atoms with E-state index in [1.165, 1.54) is 12.8 Å². The van der Waals surface area contributed by atoms with Gasteiger partial charge in [0.1, 0.15) is 5.75 Å². The Hall–Kier alpha value is -0.760. The van der Waals surface area contributed by atoms with Crippen molar-refractivity contribution in [2.75, 3.05) is 6.61 Å². The molecule has 0 N–H and O–H groups in total. The lowest BCUT2D eigenvalue weighted by atomic mass is 10.3. The third-order valence-electron chi connectivity index (χ3n) is 2.15. The fraction of sp³-hybridized carbons (Fsp3) is 0.500. The van der Waals surface area contributed by atoms with Crippen molar-refractivity contribution >= 4 is 11.6 Å². The van der Waals surface area contributed by atoms with E-state index in [0.29, 0.717) is 5.88 Å². The predicted octanol–water partition coefficient (Wildman–Crippen LogP) is 2.61. The standard InChI is InChI=1S/C10H12ClNO/c11-6-9-10(2-1-5-12-9)13-7-8-3-4-8/h1-2,5,8H,3-4,6-7H2. The number of hydrogen-bond acceptors (Lipinski definition) is 2. The number of alkyl halides is 1. The Balaban J connectivity index is 1.99. The largest absolute Gasteiger partial charge is 0.491 e. The molecule has 0 radical (unpaired) electrons. The molecular weight excluding hydrogens is 186 g/mol. The van der Waals surface area contributed by atoms with Crippen molar-refractivity contribution in [2.45, 2.75) is 18.7 Å². The zero-order valence-corrected chi connectivity index (χ0v) is 8.13. The van der Waals surface area contributed by atoms with Crippen LogP contribution in [0.3, 0.4) is 0 Å². The summed E-state index contributed by atoms with van der Waals surface area (Å²) in [6.45, 7) is 0.815. The molecule has 1 aromatic heterocycles. The van der Waals surface area contributed by atoms with E-state index in [1.807, 2.05) is 12.1 Å². The molecule has 0 bridgehead atoms. The molecule has 1 aliphatic rings. The van der Waals surface area contributed by atoms with Gasteiger partial charge in [0.25, 0.3) is 0 Å². The summed E-state index contributed by atoms with van der Waals surface area (Å²) < 4.78 is 5.60. The Kier molecular flexibility index (Phi) is 2.69. The summed E-state index contributed by atoms with van der Waals surface area (Å²) in [5, 5.41) is 0. The summed E-state index contributed by atoms with van der Waals surface area (Å²) in [6, 6.07) is 3.80. The third kappa shape index (κ3) is 2.34. The number of rotatable bonds is 4. The van der Waals surface area contributed by atoms with Crippen molar-refractivity contribution in [3.05, 3.63) is 24.0 Å². The van der Waals surface area contributed by atoms with Crippen LogP contribution in [0.1, 0.15) is 18.5 Å². The highest BCUT2D eigenvalue weighted by Crippen LogP contribution is 2.30. The van der Waals surface area contributed by atoms with Crippen LogP contribution in [-0.4, -0.2) is 11.6 Å². The number of halogens is 1. The average molecular weight is 198 g/mol. The molecule has 0 aromatic carbocycles. The second-order valence-corrected chi connectivity index (χ2v) is 3.60. The number of nitrogens with zero attached hydrogens (tertiary/aromatic N) is 1. The van der Waals surface area contributed by atoms with Crippen LogP contribution < -0.4 is 4.74 Å². The monoisotopic (exact) mass is 197 g/mol. The third-order valence-corrected chi connectivity index (χ3v) is 2.40. The van der Waals surface area contributed by atoms with Gasteiger partial charge in [0.15, 0.2) is 0 Å². The minimum atomic E-state index is 0.418. The van der Waals surface area contributed by atoms with Crippen LogP contribution in [0.5, 0.6) is 5.75 Å². The molecule has 0 aliphatic heterocycles. The van der Waals surface area contributed by atoms with E-state index in [4.69, 9.17) is 16.3 Å². The van der Waals surface area contributed by atoms with Crippen molar-refractivity contribution in [3.8, 4) is 5.75 Å². The van der Waals surface area contributed by atoms with Gasteiger partial charge in [-0.3, -0.25) is 4.98 Å². The lowest BCUT2D eigenvalue weighted by Gasteiger charge is -2.07. The molecule has 0 amide bonds. The van der Waals surface area contributed by atoms with Gasteiger partial charge in [0, 0.05) is 6.20 Å². The number of hydrogen-bond donors (Lipinski definition) is 0. The smallest absolute Gasteiger partial charge is 0.142 e. The van der Waals surface area contributed by atoms with Gasteiger partial charge in [0.2, 0.25) is 0 Å². The molecule has 1 aromatic rings. The first kappa shape index (κ1) is 8.82. The Bertz CT molecular complexity index is 286. The topological polar surface area (TPSA) is 22.1 Å². The van der Waals surface area contributed by atoms with Crippen LogP contribution in [0.25, 0.3) is 0 Å². The van der Waals surface area contributed by atoms with Crippen LogP contribution in [0.4, 0.5) is 0 Å². The van der Waals surface area contributed by atoms with Crippen LogP contribution in [0.15, 0.2) is 18.3 Å². The van der Waals surface area contributed by atoms with Crippen molar-refractivity contribution in [1.82, 2.24) is 4.98 Å². The van der Waals surface area contributed by atoms with Crippen LogP contribution in [0, 0.1) is 5.92 Å². The van der Waals surface area contributed by atoms with E-state index in [-0.39, 0.29) is 0 Å². The summed E-state index contributed by atoms with van der Waals surface area (Å²) in [6.07, 6.45) is 4.34. The van der Waals surface area contributed by atoms with Gasteiger partial charge >= 0.3 is 0 Å². The summed E-state index contributed by atoms with van der Waals surface area (Å²) >= 11 is 5.72. The quantitative estimate of drug-likeness (QED) is 0.693. The van der Waals surface area contributed by atoms with Gasteiger partial charge in [-0.25, -0.2) is 0 Å². The van der Waals surface area contributed by atoms with E-state index < -0.39 is 0 Å². The van der Waals surface area contributed by atoms with Crippen LogP contribution in [0.2, 0.25) is 0 Å². The Morgan fingerprint density at radius 1 is 1.54 bits per heavy atom. The number of ether oxygens (including phenoxy) is 1. The van der Waals surface area contributed by atoms with E-state index in [9.17, 15) is 0 Å². The molecular formula is C10H12ClNO. The molecule has 1 saturated carbocycles. The molecule has 0 atom stereocenters. The second-order valence-electron chi connectivity index (χ2n) is 3.34. The maximum Gasteiger partial charge on any atom is 0.142 e. The lowest BCUT2D eigenvalue weighted by molar-refractivity contribution is 0.296. The van der Waals surface area contributed by atoms with Crippen molar-refractivity contribution < 1.29 is 4.74 Å². The van der Waals surface area contributed by atoms with Gasteiger partial charge in [-0.05, 0) is 30.9 Å². The highest BCUT2D eigenvalue weighted by molar-refractivity contribution is 6.17. The van der Waals surface area contributed by atoms with Gasteiger partial charge in [-0.15, -0.1) is 11.6 Å². The zero-order chi connectivity index (χ0) is 9.10. The molecule has 70 valence electrons.